The maximum absolute atomic E-state index is 14.4. The number of ether oxygens (including phenoxy) is 1. The normalized spacial score (nSPS) is 11.0. The number of fused-ring (bicyclic) bond motifs is 1. The molecular formula is C19H16F2N6O2. The number of carbonyl (C=O) groups is 1. The number of hydrogen-bond donors (Lipinski definition) is 1. The minimum atomic E-state index is -1.02. The van der Waals surface area contributed by atoms with Crippen LogP contribution >= 0.6 is 0 Å². The second-order valence-corrected chi connectivity index (χ2v) is 6.36. The Bertz CT molecular complexity index is 1220. The van der Waals surface area contributed by atoms with Crippen molar-refractivity contribution in [2.24, 2.45) is 0 Å². The molecule has 3 aromatic heterocycles. The number of aryl methyl sites for hydroxylation is 1. The third-order valence-electron chi connectivity index (χ3n) is 4.22. The number of anilines is 1. The first kappa shape index (κ1) is 18.5. The summed E-state index contributed by atoms with van der Waals surface area (Å²) < 4.78 is 36.1. The van der Waals surface area contributed by atoms with E-state index in [1.165, 1.54) is 28.6 Å². The first-order valence-electron chi connectivity index (χ1n) is 8.62. The van der Waals surface area contributed by atoms with Gasteiger partial charge < -0.3 is 4.74 Å². The van der Waals surface area contributed by atoms with E-state index in [2.05, 4.69) is 20.5 Å². The molecule has 4 rings (SSSR count). The quantitative estimate of drug-likeness (QED) is 0.559. The second kappa shape index (κ2) is 7.30. The van der Waals surface area contributed by atoms with Crippen LogP contribution in [0.25, 0.3) is 16.8 Å². The molecule has 0 aliphatic rings. The zero-order valence-electron chi connectivity index (χ0n) is 15.6. The van der Waals surface area contributed by atoms with Crippen LogP contribution in [0.1, 0.15) is 5.56 Å². The third-order valence-corrected chi connectivity index (χ3v) is 4.22. The summed E-state index contributed by atoms with van der Waals surface area (Å²) in [5, 5.41) is 10.8. The van der Waals surface area contributed by atoms with Crippen molar-refractivity contribution < 1.29 is 18.3 Å². The Balaban J connectivity index is 1.62. The first-order valence-corrected chi connectivity index (χ1v) is 8.62. The van der Waals surface area contributed by atoms with E-state index in [4.69, 9.17) is 4.74 Å². The maximum atomic E-state index is 14.4. The molecule has 0 aliphatic heterocycles. The Kier molecular flexibility index (Phi) is 4.67. The molecule has 0 fully saturated rings. The van der Waals surface area contributed by atoms with Gasteiger partial charge in [-0.05, 0) is 36.8 Å². The predicted molar refractivity (Wildman–Crippen MR) is 100 cm³/mol. The van der Waals surface area contributed by atoms with Gasteiger partial charge in [0.1, 0.15) is 12.3 Å². The standard InChI is InChI=1S/C19H16F2N6O2/c1-11-7-22-26(8-11)10-16(28)24-19-23-15-6-3-12(9-27(15)25-19)17-14(29-2)5-4-13(20)18(17)21/h3-9H,10H2,1-2H3,(H,24,25,28). The molecule has 10 heteroatoms. The molecule has 0 radical (unpaired) electrons. The molecule has 0 saturated carbocycles. The minimum Gasteiger partial charge on any atom is -0.496 e. The van der Waals surface area contributed by atoms with Crippen LogP contribution in [0.4, 0.5) is 14.7 Å². The highest BCUT2D eigenvalue weighted by molar-refractivity contribution is 5.89. The van der Waals surface area contributed by atoms with Crippen LogP contribution in [-0.2, 0) is 11.3 Å². The Morgan fingerprint density at radius 1 is 1.21 bits per heavy atom. The van der Waals surface area contributed by atoms with Crippen molar-refractivity contribution in [3.05, 3.63) is 60.1 Å². The second-order valence-electron chi connectivity index (χ2n) is 6.36. The summed E-state index contributed by atoms with van der Waals surface area (Å²) in [4.78, 5) is 16.4. The number of nitrogens with one attached hydrogen (secondary N) is 1. The van der Waals surface area contributed by atoms with Gasteiger partial charge in [-0.3, -0.25) is 14.8 Å². The van der Waals surface area contributed by atoms with Crippen LogP contribution in [0.3, 0.4) is 0 Å². The smallest absolute Gasteiger partial charge is 0.249 e. The molecule has 1 amide bonds. The zero-order valence-corrected chi connectivity index (χ0v) is 15.6. The fourth-order valence-electron chi connectivity index (χ4n) is 2.92. The molecule has 1 N–H and O–H groups in total. The lowest BCUT2D eigenvalue weighted by Crippen LogP contribution is -2.19. The molecule has 3 heterocycles. The molecule has 1 aromatic carbocycles. The molecule has 0 spiro atoms. The molecular weight excluding hydrogens is 382 g/mol. The molecule has 0 saturated heterocycles. The van der Waals surface area contributed by atoms with Gasteiger partial charge in [0.25, 0.3) is 0 Å². The lowest BCUT2D eigenvalue weighted by atomic mass is 10.1. The van der Waals surface area contributed by atoms with E-state index in [1.807, 2.05) is 6.92 Å². The van der Waals surface area contributed by atoms with Gasteiger partial charge in [-0.1, -0.05) is 0 Å². The van der Waals surface area contributed by atoms with Gasteiger partial charge >= 0.3 is 0 Å². The van der Waals surface area contributed by atoms with E-state index in [0.717, 1.165) is 11.6 Å². The number of amides is 1. The van der Waals surface area contributed by atoms with E-state index in [1.54, 1.807) is 24.5 Å². The number of carbonyl (C=O) groups excluding carboxylic acids is 1. The summed E-state index contributed by atoms with van der Waals surface area (Å²) in [5.41, 5.74) is 1.69. The lowest BCUT2D eigenvalue weighted by Gasteiger charge is -2.10. The van der Waals surface area contributed by atoms with Crippen molar-refractivity contribution in [3.8, 4) is 16.9 Å². The molecule has 0 unspecified atom stereocenters. The highest BCUT2D eigenvalue weighted by atomic mass is 19.2. The minimum absolute atomic E-state index is 0.0142. The summed E-state index contributed by atoms with van der Waals surface area (Å²) in [6.07, 6.45) is 4.87. The van der Waals surface area contributed by atoms with E-state index >= 15 is 0 Å². The number of methoxy groups -OCH3 is 1. The summed E-state index contributed by atoms with van der Waals surface area (Å²) in [6, 6.07) is 5.50. The Morgan fingerprint density at radius 3 is 2.76 bits per heavy atom. The molecule has 0 bridgehead atoms. The molecule has 8 nitrogen and oxygen atoms in total. The van der Waals surface area contributed by atoms with Gasteiger partial charge in [-0.2, -0.15) is 10.1 Å². The number of halogens is 2. The van der Waals surface area contributed by atoms with Crippen LogP contribution in [0.2, 0.25) is 0 Å². The number of benzene rings is 1. The maximum Gasteiger partial charge on any atom is 0.249 e. The van der Waals surface area contributed by atoms with Crippen molar-refractivity contribution in [3.63, 3.8) is 0 Å². The Labute approximate surface area is 163 Å². The van der Waals surface area contributed by atoms with E-state index in [9.17, 15) is 13.6 Å². The number of hydrogen-bond acceptors (Lipinski definition) is 5. The van der Waals surface area contributed by atoms with Crippen LogP contribution < -0.4 is 10.1 Å². The van der Waals surface area contributed by atoms with Crippen molar-refractivity contribution in [1.29, 1.82) is 0 Å². The summed E-state index contributed by atoms with van der Waals surface area (Å²) in [5.74, 6) is -2.08. The van der Waals surface area contributed by atoms with Gasteiger partial charge in [-0.25, -0.2) is 13.3 Å². The van der Waals surface area contributed by atoms with Crippen LogP contribution in [0.15, 0.2) is 42.9 Å². The van der Waals surface area contributed by atoms with Gasteiger partial charge in [0.15, 0.2) is 17.3 Å². The highest BCUT2D eigenvalue weighted by Crippen LogP contribution is 2.33. The number of aromatic nitrogens is 5. The van der Waals surface area contributed by atoms with Gasteiger partial charge in [0.05, 0.1) is 18.9 Å². The molecule has 0 atom stereocenters. The topological polar surface area (TPSA) is 86.3 Å². The fraction of sp³-hybridized carbons (Fsp3) is 0.158. The lowest BCUT2D eigenvalue weighted by molar-refractivity contribution is -0.116. The van der Waals surface area contributed by atoms with Gasteiger partial charge in [0, 0.05) is 18.0 Å². The zero-order chi connectivity index (χ0) is 20.5. The molecule has 4 aromatic rings. The van der Waals surface area contributed by atoms with Crippen LogP contribution in [0, 0.1) is 18.6 Å². The van der Waals surface area contributed by atoms with Gasteiger partial charge in [-0.15, -0.1) is 5.10 Å². The van der Waals surface area contributed by atoms with Crippen molar-refractivity contribution in [2.75, 3.05) is 12.4 Å². The van der Waals surface area contributed by atoms with Crippen molar-refractivity contribution >= 4 is 17.5 Å². The van der Waals surface area contributed by atoms with Crippen molar-refractivity contribution in [2.45, 2.75) is 13.5 Å². The molecule has 148 valence electrons. The Hall–Kier alpha value is -3.82. The SMILES string of the molecule is COc1ccc(F)c(F)c1-c1ccc2nc(NC(=O)Cn3cc(C)cn3)nn2c1. The molecule has 0 aliphatic carbocycles. The summed E-state index contributed by atoms with van der Waals surface area (Å²) in [6.45, 7) is 1.89. The number of rotatable bonds is 5. The fourth-order valence-corrected chi connectivity index (χ4v) is 2.92. The molecule has 29 heavy (non-hydrogen) atoms. The summed E-state index contributed by atoms with van der Waals surface area (Å²) >= 11 is 0. The van der Waals surface area contributed by atoms with Gasteiger partial charge in [0.2, 0.25) is 11.9 Å². The van der Waals surface area contributed by atoms with E-state index < -0.39 is 11.6 Å². The summed E-state index contributed by atoms with van der Waals surface area (Å²) in [7, 11) is 1.37. The average Bonchev–Trinajstić information content (AvgIpc) is 3.28. The monoisotopic (exact) mass is 398 g/mol. The Morgan fingerprint density at radius 2 is 2.03 bits per heavy atom. The first-order chi connectivity index (χ1) is 13.9. The number of nitrogens with zero attached hydrogens (tertiary/aromatic N) is 5. The third kappa shape index (κ3) is 3.64. The largest absolute Gasteiger partial charge is 0.496 e. The van der Waals surface area contributed by atoms with Crippen molar-refractivity contribution in [1.82, 2.24) is 24.4 Å². The predicted octanol–water partition coefficient (Wildman–Crippen LogP) is 2.83. The highest BCUT2D eigenvalue weighted by Gasteiger charge is 2.17. The van der Waals surface area contributed by atoms with E-state index in [0.29, 0.717) is 11.2 Å². The van der Waals surface area contributed by atoms with Crippen LogP contribution in [0.5, 0.6) is 5.75 Å². The number of pyridine rings is 1. The average molecular weight is 398 g/mol. The van der Waals surface area contributed by atoms with E-state index in [-0.39, 0.29) is 29.7 Å². The van der Waals surface area contributed by atoms with Crippen LogP contribution in [-0.4, -0.2) is 37.4 Å².